The van der Waals surface area contributed by atoms with Crippen molar-refractivity contribution in [1.29, 1.82) is 0 Å². The number of ether oxygens (including phenoxy) is 1. The van der Waals surface area contributed by atoms with E-state index in [9.17, 15) is 0 Å². The molecule has 2 N–H and O–H groups in total. The maximum Gasteiger partial charge on any atom is 0.191 e. The molecule has 0 amide bonds. The van der Waals surface area contributed by atoms with Gasteiger partial charge in [-0.2, -0.15) is 0 Å². The summed E-state index contributed by atoms with van der Waals surface area (Å²) < 4.78 is 10.8. The van der Waals surface area contributed by atoms with Crippen molar-refractivity contribution in [2.75, 3.05) is 19.7 Å². The molecule has 0 spiro atoms. The van der Waals surface area contributed by atoms with Crippen molar-refractivity contribution in [3.05, 3.63) is 42.1 Å². The van der Waals surface area contributed by atoms with E-state index in [4.69, 9.17) is 15.0 Å². The number of aliphatic imine (C=N–C) groups is 1. The van der Waals surface area contributed by atoms with E-state index in [1.165, 1.54) is 0 Å². The van der Waals surface area contributed by atoms with Gasteiger partial charge in [0.1, 0.15) is 5.69 Å². The molecule has 0 saturated carbocycles. The van der Waals surface area contributed by atoms with Gasteiger partial charge < -0.3 is 19.9 Å². The first kappa shape index (κ1) is 17.7. The molecule has 1 aromatic heterocycles. The Balaban J connectivity index is 0.00000192. The number of nitrogens with zero attached hydrogens (tertiary/aromatic N) is 3. The van der Waals surface area contributed by atoms with Crippen LogP contribution in [-0.4, -0.2) is 41.8 Å². The first-order valence-electron chi connectivity index (χ1n) is 7.40. The minimum Gasteiger partial charge on any atom is -0.375 e. The molecule has 124 valence electrons. The van der Waals surface area contributed by atoms with E-state index < -0.39 is 0 Å². The molecule has 1 atom stereocenters. The lowest BCUT2D eigenvalue weighted by molar-refractivity contribution is 0.00528. The number of hydrogen-bond acceptors (Lipinski definition) is 4. The lowest BCUT2D eigenvalue weighted by Crippen LogP contribution is -2.47. The van der Waals surface area contributed by atoms with Crippen molar-refractivity contribution < 1.29 is 9.26 Å². The summed E-state index contributed by atoms with van der Waals surface area (Å²) >= 11 is 0. The summed E-state index contributed by atoms with van der Waals surface area (Å²) in [5.41, 5.74) is 7.81. The van der Waals surface area contributed by atoms with Gasteiger partial charge in [-0.25, -0.2) is 4.99 Å². The summed E-state index contributed by atoms with van der Waals surface area (Å²) in [6.07, 6.45) is 0.180. The molecule has 0 aliphatic carbocycles. The Morgan fingerprint density at radius 2 is 2.17 bits per heavy atom. The number of halogens is 1. The largest absolute Gasteiger partial charge is 0.375 e. The SMILES string of the molecule is CC1CN(C(N)=NCc2cc(-c3ccccc3)on2)CCO1.I. The van der Waals surface area contributed by atoms with Crippen LogP contribution in [0, 0.1) is 0 Å². The highest BCUT2D eigenvalue weighted by molar-refractivity contribution is 14.0. The molecular weight excluding hydrogens is 407 g/mol. The third-order valence-electron chi connectivity index (χ3n) is 3.59. The molecule has 7 heteroatoms. The number of hydrogen-bond donors (Lipinski definition) is 1. The van der Waals surface area contributed by atoms with Crippen LogP contribution < -0.4 is 5.73 Å². The van der Waals surface area contributed by atoms with Crippen molar-refractivity contribution in [1.82, 2.24) is 10.1 Å². The fraction of sp³-hybridized carbons (Fsp3) is 0.375. The van der Waals surface area contributed by atoms with Gasteiger partial charge in [0.05, 0.1) is 19.3 Å². The Hall–Kier alpha value is -1.61. The monoisotopic (exact) mass is 428 g/mol. The zero-order valence-electron chi connectivity index (χ0n) is 13.0. The summed E-state index contributed by atoms with van der Waals surface area (Å²) in [6.45, 7) is 4.66. The van der Waals surface area contributed by atoms with Crippen LogP contribution in [0.4, 0.5) is 0 Å². The standard InChI is InChI=1S/C16H20N4O2.HI/c1-12-11-20(7-8-21-12)16(17)18-10-14-9-15(22-19-14)13-5-3-2-4-6-13;/h2-6,9,12H,7-8,10-11H2,1H3,(H2,17,18);1H. The van der Waals surface area contributed by atoms with E-state index in [1.54, 1.807) is 0 Å². The highest BCUT2D eigenvalue weighted by Gasteiger charge is 2.18. The highest BCUT2D eigenvalue weighted by atomic mass is 127. The van der Waals surface area contributed by atoms with E-state index >= 15 is 0 Å². The van der Waals surface area contributed by atoms with Gasteiger partial charge >= 0.3 is 0 Å². The molecule has 0 radical (unpaired) electrons. The molecule has 1 aromatic carbocycles. The minimum atomic E-state index is 0. The molecular formula is C16H21IN4O2. The van der Waals surface area contributed by atoms with Crippen LogP contribution in [0.2, 0.25) is 0 Å². The molecule has 1 aliphatic heterocycles. The molecule has 1 aliphatic rings. The fourth-order valence-electron chi connectivity index (χ4n) is 2.41. The van der Waals surface area contributed by atoms with E-state index in [-0.39, 0.29) is 30.1 Å². The lowest BCUT2D eigenvalue weighted by Gasteiger charge is -2.31. The zero-order valence-corrected chi connectivity index (χ0v) is 15.3. The van der Waals surface area contributed by atoms with Gasteiger partial charge in [-0.1, -0.05) is 35.5 Å². The smallest absolute Gasteiger partial charge is 0.191 e. The van der Waals surface area contributed by atoms with Crippen LogP contribution in [-0.2, 0) is 11.3 Å². The van der Waals surface area contributed by atoms with E-state index in [0.717, 1.165) is 30.1 Å². The topological polar surface area (TPSA) is 76.9 Å². The second kappa shape index (κ2) is 8.30. The maximum atomic E-state index is 6.04. The average molecular weight is 428 g/mol. The summed E-state index contributed by atoms with van der Waals surface area (Å²) in [6, 6.07) is 11.8. The van der Waals surface area contributed by atoms with Crippen LogP contribution in [0.3, 0.4) is 0 Å². The third kappa shape index (κ3) is 4.68. The molecule has 23 heavy (non-hydrogen) atoms. The van der Waals surface area contributed by atoms with Crippen molar-refractivity contribution in [3.63, 3.8) is 0 Å². The van der Waals surface area contributed by atoms with E-state index in [1.807, 2.05) is 48.2 Å². The molecule has 2 heterocycles. The molecule has 1 unspecified atom stereocenters. The maximum absolute atomic E-state index is 6.04. The van der Waals surface area contributed by atoms with Gasteiger partial charge in [-0.05, 0) is 6.92 Å². The minimum absolute atomic E-state index is 0. The lowest BCUT2D eigenvalue weighted by atomic mass is 10.2. The Kier molecular flexibility index (Phi) is 6.40. The number of nitrogens with two attached hydrogens (primary N) is 1. The van der Waals surface area contributed by atoms with Crippen molar-refractivity contribution in [3.8, 4) is 11.3 Å². The molecule has 1 fully saturated rings. The molecule has 3 rings (SSSR count). The van der Waals surface area contributed by atoms with Crippen LogP contribution in [0.25, 0.3) is 11.3 Å². The van der Waals surface area contributed by atoms with Gasteiger partial charge in [0.2, 0.25) is 0 Å². The summed E-state index contributed by atoms with van der Waals surface area (Å²) in [5.74, 6) is 1.27. The highest BCUT2D eigenvalue weighted by Crippen LogP contribution is 2.20. The van der Waals surface area contributed by atoms with Crippen molar-refractivity contribution in [2.45, 2.75) is 19.6 Å². The van der Waals surface area contributed by atoms with Crippen LogP contribution in [0.1, 0.15) is 12.6 Å². The Morgan fingerprint density at radius 3 is 2.91 bits per heavy atom. The molecule has 2 aromatic rings. The summed E-state index contributed by atoms with van der Waals surface area (Å²) in [4.78, 5) is 6.44. The van der Waals surface area contributed by atoms with Gasteiger partial charge in [0.15, 0.2) is 11.7 Å². The third-order valence-corrected chi connectivity index (χ3v) is 3.59. The van der Waals surface area contributed by atoms with Crippen LogP contribution in [0.15, 0.2) is 45.9 Å². The van der Waals surface area contributed by atoms with Gasteiger partial charge in [0, 0.05) is 24.7 Å². The predicted octanol–water partition coefficient (Wildman–Crippen LogP) is 2.50. The van der Waals surface area contributed by atoms with E-state index in [0.29, 0.717) is 19.1 Å². The van der Waals surface area contributed by atoms with Gasteiger partial charge in [0.25, 0.3) is 0 Å². The van der Waals surface area contributed by atoms with Crippen LogP contribution >= 0.6 is 24.0 Å². The predicted molar refractivity (Wildman–Crippen MR) is 99.7 cm³/mol. The second-order valence-electron chi connectivity index (χ2n) is 5.35. The number of benzene rings is 1. The van der Waals surface area contributed by atoms with Crippen LogP contribution in [0.5, 0.6) is 0 Å². The molecule has 6 nitrogen and oxygen atoms in total. The van der Waals surface area contributed by atoms with Crippen molar-refractivity contribution >= 4 is 29.9 Å². The first-order valence-corrected chi connectivity index (χ1v) is 7.40. The Morgan fingerprint density at radius 1 is 1.39 bits per heavy atom. The number of guanidine groups is 1. The summed E-state index contributed by atoms with van der Waals surface area (Å²) in [7, 11) is 0. The number of aromatic nitrogens is 1. The molecule has 0 bridgehead atoms. The van der Waals surface area contributed by atoms with Gasteiger partial charge in [-0.15, -0.1) is 24.0 Å². The summed E-state index contributed by atoms with van der Waals surface area (Å²) in [5, 5.41) is 4.04. The quantitative estimate of drug-likeness (QED) is 0.462. The van der Waals surface area contributed by atoms with Crippen molar-refractivity contribution in [2.24, 2.45) is 10.7 Å². The normalized spacial score (nSPS) is 18.6. The Bertz CT molecular complexity index is 645. The molecule has 1 saturated heterocycles. The number of rotatable bonds is 3. The Labute approximate surface area is 152 Å². The fourth-order valence-corrected chi connectivity index (χ4v) is 2.41. The number of morpholine rings is 1. The van der Waals surface area contributed by atoms with Gasteiger partial charge in [-0.3, -0.25) is 0 Å². The second-order valence-corrected chi connectivity index (χ2v) is 5.35. The van der Waals surface area contributed by atoms with E-state index in [2.05, 4.69) is 10.1 Å². The first-order chi connectivity index (χ1) is 10.7. The average Bonchev–Trinajstić information content (AvgIpc) is 3.02. The zero-order chi connectivity index (χ0) is 15.4.